The van der Waals surface area contributed by atoms with Crippen molar-refractivity contribution >= 4 is 17.4 Å². The topological polar surface area (TPSA) is 38.1 Å². The second-order valence-corrected chi connectivity index (χ2v) is 3.41. The Morgan fingerprint density at radius 2 is 2.40 bits per heavy atom. The minimum absolute atomic E-state index is 0.181. The van der Waals surface area contributed by atoms with Gasteiger partial charge in [-0.15, -0.1) is 0 Å². The minimum Gasteiger partial charge on any atom is -0.472 e. The van der Waals surface area contributed by atoms with Crippen molar-refractivity contribution in [1.82, 2.24) is 4.98 Å². The van der Waals surface area contributed by atoms with Gasteiger partial charge in [-0.25, -0.2) is 9.37 Å². The highest BCUT2D eigenvalue weighted by Crippen LogP contribution is 2.16. The first-order valence-electron chi connectivity index (χ1n) is 4.31. The van der Waals surface area contributed by atoms with Gasteiger partial charge in [0.25, 0.3) is 0 Å². The number of anilines is 1. The number of rotatable bonds is 3. The van der Waals surface area contributed by atoms with Crippen LogP contribution in [0, 0.1) is 5.82 Å². The molecule has 3 nitrogen and oxygen atoms in total. The second-order valence-electron chi connectivity index (χ2n) is 2.97. The fourth-order valence-electron chi connectivity index (χ4n) is 1.12. The highest BCUT2D eigenvalue weighted by Gasteiger charge is 2.04. The van der Waals surface area contributed by atoms with E-state index < -0.39 is 5.82 Å². The average Bonchev–Trinajstić information content (AvgIpc) is 2.69. The number of pyridine rings is 1. The molecule has 78 valence electrons. The van der Waals surface area contributed by atoms with Crippen molar-refractivity contribution in [3.63, 3.8) is 0 Å². The van der Waals surface area contributed by atoms with Gasteiger partial charge in [0.05, 0.1) is 17.5 Å². The summed E-state index contributed by atoms with van der Waals surface area (Å²) in [5.74, 6) is -0.286. The fraction of sp³-hybridized carbons (Fsp3) is 0.100. The Balaban J connectivity index is 2.05. The van der Waals surface area contributed by atoms with Gasteiger partial charge in [0, 0.05) is 18.3 Å². The monoisotopic (exact) mass is 226 g/mol. The first kappa shape index (κ1) is 9.98. The van der Waals surface area contributed by atoms with E-state index in [1.165, 1.54) is 12.3 Å². The molecule has 0 bridgehead atoms. The molecule has 2 rings (SSSR count). The predicted molar refractivity (Wildman–Crippen MR) is 55.2 cm³/mol. The van der Waals surface area contributed by atoms with Crippen LogP contribution in [0.1, 0.15) is 5.56 Å². The number of hydrogen-bond acceptors (Lipinski definition) is 3. The van der Waals surface area contributed by atoms with Crippen LogP contribution in [0.15, 0.2) is 35.3 Å². The molecule has 0 aliphatic rings. The van der Waals surface area contributed by atoms with E-state index in [1.54, 1.807) is 18.6 Å². The first-order valence-corrected chi connectivity index (χ1v) is 4.69. The SMILES string of the molecule is Fc1cc(Cl)cnc1NCc1ccoc1. The predicted octanol–water partition coefficient (Wildman–Crippen LogP) is 3.08. The minimum atomic E-state index is -0.467. The van der Waals surface area contributed by atoms with Crippen LogP contribution in [-0.2, 0) is 6.54 Å². The zero-order chi connectivity index (χ0) is 10.7. The maximum Gasteiger partial charge on any atom is 0.166 e. The second kappa shape index (κ2) is 4.31. The van der Waals surface area contributed by atoms with Crippen molar-refractivity contribution < 1.29 is 8.81 Å². The third-order valence-electron chi connectivity index (χ3n) is 1.85. The zero-order valence-electron chi connectivity index (χ0n) is 7.71. The van der Waals surface area contributed by atoms with Crippen molar-refractivity contribution in [3.8, 4) is 0 Å². The van der Waals surface area contributed by atoms with Crippen molar-refractivity contribution in [3.05, 3.63) is 47.3 Å². The Labute approximate surface area is 90.9 Å². The Hall–Kier alpha value is -1.55. The van der Waals surface area contributed by atoms with Crippen LogP contribution in [0.3, 0.4) is 0 Å². The van der Waals surface area contributed by atoms with E-state index in [1.807, 2.05) is 0 Å². The molecular weight excluding hydrogens is 219 g/mol. The third-order valence-corrected chi connectivity index (χ3v) is 2.05. The summed E-state index contributed by atoms with van der Waals surface area (Å²) in [5, 5.41) is 3.12. The lowest BCUT2D eigenvalue weighted by Crippen LogP contribution is -2.02. The molecule has 1 N–H and O–H groups in total. The molecule has 0 amide bonds. The van der Waals surface area contributed by atoms with E-state index in [0.717, 1.165) is 5.56 Å². The summed E-state index contributed by atoms with van der Waals surface area (Å²) in [5.41, 5.74) is 0.922. The van der Waals surface area contributed by atoms with Gasteiger partial charge in [-0.05, 0) is 12.1 Å². The summed E-state index contributed by atoms with van der Waals surface area (Å²) in [6, 6.07) is 3.01. The molecule has 2 aromatic heterocycles. The van der Waals surface area contributed by atoms with E-state index in [0.29, 0.717) is 6.54 Å². The lowest BCUT2D eigenvalue weighted by molar-refractivity contribution is 0.564. The van der Waals surface area contributed by atoms with E-state index in [9.17, 15) is 4.39 Å². The largest absolute Gasteiger partial charge is 0.472 e. The highest BCUT2D eigenvalue weighted by molar-refractivity contribution is 6.30. The van der Waals surface area contributed by atoms with Crippen molar-refractivity contribution in [1.29, 1.82) is 0 Å². The molecule has 0 spiro atoms. The number of aromatic nitrogens is 1. The highest BCUT2D eigenvalue weighted by atomic mass is 35.5. The molecule has 0 aromatic carbocycles. The Morgan fingerprint density at radius 3 is 3.07 bits per heavy atom. The maximum absolute atomic E-state index is 13.2. The average molecular weight is 227 g/mol. The fourth-order valence-corrected chi connectivity index (χ4v) is 1.27. The molecule has 5 heteroatoms. The Morgan fingerprint density at radius 1 is 1.53 bits per heavy atom. The number of nitrogens with one attached hydrogen (secondary N) is 1. The standard InChI is InChI=1S/C10H8ClFN2O/c11-8-3-9(12)10(14-5-8)13-4-7-1-2-15-6-7/h1-3,5-6H,4H2,(H,13,14). The lowest BCUT2D eigenvalue weighted by Gasteiger charge is -2.04. The van der Waals surface area contributed by atoms with Gasteiger partial charge >= 0.3 is 0 Å². The zero-order valence-corrected chi connectivity index (χ0v) is 8.46. The van der Waals surface area contributed by atoms with E-state index in [-0.39, 0.29) is 10.8 Å². The molecule has 0 radical (unpaired) electrons. The molecule has 2 heterocycles. The third kappa shape index (κ3) is 2.47. The van der Waals surface area contributed by atoms with Crippen molar-refractivity contribution in [2.75, 3.05) is 5.32 Å². The maximum atomic E-state index is 13.2. The van der Waals surface area contributed by atoms with Crippen LogP contribution in [0.2, 0.25) is 5.02 Å². The first-order chi connectivity index (χ1) is 7.25. The Kier molecular flexibility index (Phi) is 2.87. The molecular formula is C10H8ClFN2O. The van der Waals surface area contributed by atoms with E-state index >= 15 is 0 Å². The molecule has 0 saturated carbocycles. The van der Waals surface area contributed by atoms with Gasteiger partial charge in [0.1, 0.15) is 0 Å². The number of nitrogens with zero attached hydrogens (tertiary/aromatic N) is 1. The van der Waals surface area contributed by atoms with Crippen LogP contribution in [0.25, 0.3) is 0 Å². The van der Waals surface area contributed by atoms with Crippen molar-refractivity contribution in [2.45, 2.75) is 6.54 Å². The van der Waals surface area contributed by atoms with Gasteiger partial charge in [-0.1, -0.05) is 11.6 Å². The summed E-state index contributed by atoms with van der Waals surface area (Å²) < 4.78 is 18.1. The molecule has 0 fully saturated rings. The van der Waals surface area contributed by atoms with Crippen LogP contribution >= 0.6 is 11.6 Å². The molecule has 0 unspecified atom stereocenters. The number of hydrogen-bond donors (Lipinski definition) is 1. The summed E-state index contributed by atoms with van der Waals surface area (Å²) in [7, 11) is 0. The van der Waals surface area contributed by atoms with Crippen molar-refractivity contribution in [2.24, 2.45) is 0 Å². The molecule has 0 saturated heterocycles. The smallest absolute Gasteiger partial charge is 0.166 e. The van der Waals surface area contributed by atoms with Gasteiger partial charge in [0.2, 0.25) is 0 Å². The molecule has 0 atom stereocenters. The van der Waals surface area contributed by atoms with Crippen LogP contribution in [-0.4, -0.2) is 4.98 Å². The number of halogens is 2. The van der Waals surface area contributed by atoms with Gasteiger partial charge in [-0.2, -0.15) is 0 Å². The van der Waals surface area contributed by atoms with E-state index in [4.69, 9.17) is 16.0 Å². The normalized spacial score (nSPS) is 10.3. The lowest BCUT2D eigenvalue weighted by atomic mass is 10.3. The summed E-state index contributed by atoms with van der Waals surface area (Å²) in [6.07, 6.45) is 4.53. The molecule has 2 aromatic rings. The summed E-state index contributed by atoms with van der Waals surface area (Å²) in [4.78, 5) is 3.83. The molecule has 15 heavy (non-hydrogen) atoms. The summed E-state index contributed by atoms with van der Waals surface area (Å²) >= 11 is 5.57. The Bertz CT molecular complexity index is 445. The van der Waals surface area contributed by atoms with Gasteiger partial charge in [-0.3, -0.25) is 0 Å². The van der Waals surface area contributed by atoms with Crippen LogP contribution < -0.4 is 5.32 Å². The van der Waals surface area contributed by atoms with Gasteiger partial charge < -0.3 is 9.73 Å². The van der Waals surface area contributed by atoms with E-state index in [2.05, 4.69) is 10.3 Å². The molecule has 0 aliphatic carbocycles. The van der Waals surface area contributed by atoms with Crippen LogP contribution in [0.5, 0.6) is 0 Å². The van der Waals surface area contributed by atoms with Crippen LogP contribution in [0.4, 0.5) is 10.2 Å². The quantitative estimate of drug-likeness (QED) is 0.874. The van der Waals surface area contributed by atoms with Gasteiger partial charge in [0.15, 0.2) is 11.6 Å². The molecule has 0 aliphatic heterocycles. The summed E-state index contributed by atoms with van der Waals surface area (Å²) in [6.45, 7) is 0.460. The number of furan rings is 1.